The maximum atomic E-state index is 11.9. The van der Waals surface area contributed by atoms with Crippen LogP contribution in [-0.4, -0.2) is 29.8 Å². The summed E-state index contributed by atoms with van der Waals surface area (Å²) in [6.07, 6.45) is 4.80. The van der Waals surface area contributed by atoms with Gasteiger partial charge >= 0.3 is 0 Å². The minimum absolute atomic E-state index is 0.209. The topological polar surface area (TPSA) is 58.6 Å². The van der Waals surface area contributed by atoms with Gasteiger partial charge in [-0.05, 0) is 57.6 Å². The van der Waals surface area contributed by atoms with Crippen molar-refractivity contribution in [2.75, 3.05) is 13.2 Å². The van der Waals surface area contributed by atoms with E-state index in [1.165, 1.54) is 5.56 Å². The molecule has 1 saturated carbocycles. The lowest BCUT2D eigenvalue weighted by Gasteiger charge is -2.20. The Morgan fingerprint density at radius 3 is 2.57 bits per heavy atom. The molecule has 0 spiro atoms. The number of rotatable bonds is 7. The number of hydrogen-bond donors (Lipinski definition) is 2. The summed E-state index contributed by atoms with van der Waals surface area (Å²) < 4.78 is 5.63. The fourth-order valence-corrected chi connectivity index (χ4v) is 2.60. The van der Waals surface area contributed by atoms with E-state index in [9.17, 15) is 9.90 Å². The Morgan fingerprint density at radius 1 is 1.24 bits per heavy atom. The first-order valence-corrected chi connectivity index (χ1v) is 7.80. The molecule has 116 valence electrons. The SMILES string of the molecule is Cc1ccc(OCCCCNC(=O)C2(O)CCCC2)cc1. The van der Waals surface area contributed by atoms with Crippen LogP contribution in [0.4, 0.5) is 0 Å². The normalized spacial score (nSPS) is 16.7. The van der Waals surface area contributed by atoms with Crippen LogP contribution in [0, 0.1) is 6.92 Å². The number of benzene rings is 1. The van der Waals surface area contributed by atoms with E-state index in [2.05, 4.69) is 5.32 Å². The van der Waals surface area contributed by atoms with Gasteiger partial charge < -0.3 is 15.2 Å². The Balaban J connectivity index is 1.56. The summed E-state index contributed by atoms with van der Waals surface area (Å²) in [6.45, 7) is 3.28. The largest absolute Gasteiger partial charge is 0.494 e. The first-order valence-electron chi connectivity index (χ1n) is 7.80. The van der Waals surface area contributed by atoms with Gasteiger partial charge in [0.15, 0.2) is 0 Å². The van der Waals surface area contributed by atoms with Crippen LogP contribution in [0.2, 0.25) is 0 Å². The number of aryl methyl sites for hydroxylation is 1. The predicted molar refractivity (Wildman–Crippen MR) is 82.3 cm³/mol. The maximum Gasteiger partial charge on any atom is 0.251 e. The molecular formula is C17H25NO3. The van der Waals surface area contributed by atoms with Crippen LogP contribution in [0.25, 0.3) is 0 Å². The van der Waals surface area contributed by atoms with Crippen LogP contribution in [0.5, 0.6) is 5.75 Å². The minimum Gasteiger partial charge on any atom is -0.494 e. The molecule has 1 aliphatic rings. The van der Waals surface area contributed by atoms with Crippen molar-refractivity contribution >= 4 is 5.91 Å². The second-order valence-corrected chi connectivity index (χ2v) is 5.86. The molecule has 0 atom stereocenters. The van der Waals surface area contributed by atoms with Crippen LogP contribution in [0.3, 0.4) is 0 Å². The van der Waals surface area contributed by atoms with E-state index in [0.717, 1.165) is 31.4 Å². The van der Waals surface area contributed by atoms with Crippen molar-refractivity contribution < 1.29 is 14.6 Å². The van der Waals surface area contributed by atoms with E-state index in [1.807, 2.05) is 31.2 Å². The molecule has 0 radical (unpaired) electrons. The second-order valence-electron chi connectivity index (χ2n) is 5.86. The third-order valence-electron chi connectivity index (χ3n) is 4.00. The van der Waals surface area contributed by atoms with E-state index >= 15 is 0 Å². The van der Waals surface area contributed by atoms with Crippen LogP contribution >= 0.6 is 0 Å². The zero-order chi connectivity index (χ0) is 15.1. The summed E-state index contributed by atoms with van der Waals surface area (Å²) in [4.78, 5) is 11.9. The van der Waals surface area contributed by atoms with E-state index in [0.29, 0.717) is 26.0 Å². The number of carbonyl (C=O) groups is 1. The lowest BCUT2D eigenvalue weighted by molar-refractivity contribution is -0.139. The van der Waals surface area contributed by atoms with E-state index in [-0.39, 0.29) is 5.91 Å². The zero-order valence-electron chi connectivity index (χ0n) is 12.7. The molecule has 0 unspecified atom stereocenters. The highest BCUT2D eigenvalue weighted by molar-refractivity contribution is 5.85. The highest BCUT2D eigenvalue weighted by atomic mass is 16.5. The number of ether oxygens (including phenoxy) is 1. The Kier molecular flexibility index (Phi) is 5.62. The molecule has 2 rings (SSSR count). The Hall–Kier alpha value is -1.55. The smallest absolute Gasteiger partial charge is 0.251 e. The van der Waals surface area contributed by atoms with Crippen LogP contribution in [0.1, 0.15) is 44.1 Å². The monoisotopic (exact) mass is 291 g/mol. The first kappa shape index (κ1) is 15.8. The average molecular weight is 291 g/mol. The molecule has 4 heteroatoms. The second kappa shape index (κ2) is 7.46. The average Bonchev–Trinajstić information content (AvgIpc) is 2.92. The molecule has 1 aromatic rings. The highest BCUT2D eigenvalue weighted by Crippen LogP contribution is 2.29. The molecule has 0 bridgehead atoms. The van der Waals surface area contributed by atoms with Gasteiger partial charge in [-0.1, -0.05) is 17.7 Å². The highest BCUT2D eigenvalue weighted by Gasteiger charge is 2.38. The van der Waals surface area contributed by atoms with Gasteiger partial charge in [-0.25, -0.2) is 0 Å². The van der Waals surface area contributed by atoms with Gasteiger partial charge in [-0.15, -0.1) is 0 Å². The van der Waals surface area contributed by atoms with Crippen LogP contribution in [-0.2, 0) is 4.79 Å². The van der Waals surface area contributed by atoms with Crippen molar-refractivity contribution in [3.8, 4) is 5.75 Å². The molecule has 1 fully saturated rings. The molecular weight excluding hydrogens is 266 g/mol. The van der Waals surface area contributed by atoms with Gasteiger partial charge in [-0.2, -0.15) is 0 Å². The number of hydrogen-bond acceptors (Lipinski definition) is 3. The third kappa shape index (κ3) is 4.74. The Bertz CT molecular complexity index is 450. The standard InChI is InChI=1S/C17H25NO3/c1-14-6-8-15(9-7-14)21-13-5-4-12-18-16(19)17(20)10-2-3-11-17/h6-9,20H,2-5,10-13H2,1H3,(H,18,19). The lowest BCUT2D eigenvalue weighted by atomic mass is 10.0. The molecule has 1 aromatic carbocycles. The fraction of sp³-hybridized carbons (Fsp3) is 0.588. The molecule has 21 heavy (non-hydrogen) atoms. The Morgan fingerprint density at radius 2 is 1.90 bits per heavy atom. The van der Waals surface area contributed by atoms with Gasteiger partial charge in [0.25, 0.3) is 5.91 Å². The maximum absolute atomic E-state index is 11.9. The number of carbonyl (C=O) groups excluding carboxylic acids is 1. The van der Waals surface area contributed by atoms with Gasteiger partial charge in [0.2, 0.25) is 0 Å². The van der Waals surface area contributed by atoms with Crippen molar-refractivity contribution in [3.05, 3.63) is 29.8 Å². The number of nitrogens with one attached hydrogen (secondary N) is 1. The number of unbranched alkanes of at least 4 members (excludes halogenated alkanes) is 1. The fourth-order valence-electron chi connectivity index (χ4n) is 2.60. The van der Waals surface area contributed by atoms with Crippen molar-refractivity contribution in [2.45, 2.75) is 51.0 Å². The lowest BCUT2D eigenvalue weighted by Crippen LogP contribution is -2.45. The summed E-state index contributed by atoms with van der Waals surface area (Å²) in [5, 5.41) is 12.9. The minimum atomic E-state index is -1.11. The van der Waals surface area contributed by atoms with Crippen molar-refractivity contribution in [2.24, 2.45) is 0 Å². The van der Waals surface area contributed by atoms with Crippen molar-refractivity contribution in [3.63, 3.8) is 0 Å². The summed E-state index contributed by atoms with van der Waals surface area (Å²) in [7, 11) is 0. The van der Waals surface area contributed by atoms with Gasteiger partial charge in [0, 0.05) is 6.54 Å². The number of aliphatic hydroxyl groups is 1. The van der Waals surface area contributed by atoms with Gasteiger partial charge in [-0.3, -0.25) is 4.79 Å². The molecule has 0 saturated heterocycles. The third-order valence-corrected chi connectivity index (χ3v) is 4.00. The molecule has 0 aliphatic heterocycles. The first-order chi connectivity index (χ1) is 10.1. The van der Waals surface area contributed by atoms with Crippen LogP contribution in [0.15, 0.2) is 24.3 Å². The van der Waals surface area contributed by atoms with E-state index in [1.54, 1.807) is 0 Å². The number of amides is 1. The van der Waals surface area contributed by atoms with Crippen LogP contribution < -0.4 is 10.1 Å². The van der Waals surface area contributed by atoms with Gasteiger partial charge in [0.1, 0.15) is 11.4 Å². The van der Waals surface area contributed by atoms with Gasteiger partial charge in [0.05, 0.1) is 6.61 Å². The molecule has 4 nitrogen and oxygen atoms in total. The predicted octanol–water partition coefficient (Wildman–Crippen LogP) is 2.58. The van der Waals surface area contributed by atoms with Crippen molar-refractivity contribution in [1.29, 1.82) is 0 Å². The quantitative estimate of drug-likeness (QED) is 0.759. The summed E-state index contributed by atoms with van der Waals surface area (Å²) in [6, 6.07) is 7.98. The summed E-state index contributed by atoms with van der Waals surface area (Å²) in [5.41, 5.74) is 0.105. The van der Waals surface area contributed by atoms with E-state index in [4.69, 9.17) is 4.74 Å². The summed E-state index contributed by atoms with van der Waals surface area (Å²) in [5.74, 6) is 0.671. The van der Waals surface area contributed by atoms with E-state index < -0.39 is 5.60 Å². The molecule has 0 heterocycles. The Labute approximate surface area is 126 Å². The van der Waals surface area contributed by atoms with Crippen molar-refractivity contribution in [1.82, 2.24) is 5.32 Å². The molecule has 1 aliphatic carbocycles. The molecule has 1 amide bonds. The zero-order valence-corrected chi connectivity index (χ0v) is 12.7. The molecule has 0 aromatic heterocycles. The summed E-state index contributed by atoms with van der Waals surface area (Å²) >= 11 is 0. The molecule has 2 N–H and O–H groups in total.